The van der Waals surface area contributed by atoms with E-state index < -0.39 is 24.3 Å². The average Bonchev–Trinajstić information content (AvgIpc) is 3.34. The monoisotopic (exact) mass is 1000 g/mol. The molecule has 0 saturated carbocycles. The van der Waals surface area contributed by atoms with Crippen molar-refractivity contribution < 1.29 is 42.9 Å². The Labute approximate surface area is 439 Å². The Kier molecular flexibility index (Phi) is 52.3. The first-order valence-electron chi connectivity index (χ1n) is 30.5. The number of nitrogens with zero attached hydrogens (tertiary/aromatic N) is 1. The van der Waals surface area contributed by atoms with E-state index in [1.165, 1.54) is 212 Å². The fourth-order valence-electron chi connectivity index (χ4n) is 8.94. The number of carboxylic acid groups (broad SMARTS) is 1. The van der Waals surface area contributed by atoms with E-state index in [2.05, 4.69) is 38.2 Å². The molecule has 0 N–H and O–H groups in total. The van der Waals surface area contributed by atoms with E-state index in [4.69, 9.17) is 18.9 Å². The van der Waals surface area contributed by atoms with Gasteiger partial charge in [-0.25, -0.2) is 0 Å². The fraction of sp³-hybridized carbons (Fsp3) is 0.887. The van der Waals surface area contributed by atoms with E-state index in [9.17, 15) is 19.5 Å². The van der Waals surface area contributed by atoms with Crippen LogP contribution in [0.2, 0.25) is 0 Å². The molecule has 0 amide bonds. The first-order valence-corrected chi connectivity index (χ1v) is 30.5. The van der Waals surface area contributed by atoms with Crippen molar-refractivity contribution in [1.29, 1.82) is 0 Å². The van der Waals surface area contributed by atoms with Crippen molar-refractivity contribution in [2.75, 3.05) is 47.5 Å². The van der Waals surface area contributed by atoms with Crippen LogP contribution in [0.3, 0.4) is 0 Å². The van der Waals surface area contributed by atoms with Gasteiger partial charge in [-0.3, -0.25) is 9.59 Å². The average molecular weight is 1000 g/mol. The van der Waals surface area contributed by atoms with Gasteiger partial charge in [-0.05, 0) is 64.2 Å². The molecule has 0 radical (unpaired) electrons. The van der Waals surface area contributed by atoms with Crippen molar-refractivity contribution in [1.82, 2.24) is 0 Å². The van der Waals surface area contributed by atoms with Crippen molar-refractivity contribution >= 4 is 17.9 Å². The third-order valence-electron chi connectivity index (χ3n) is 13.7. The molecule has 71 heavy (non-hydrogen) atoms. The predicted octanol–water partition coefficient (Wildman–Crippen LogP) is 16.6. The smallest absolute Gasteiger partial charge is 0.306 e. The van der Waals surface area contributed by atoms with Crippen molar-refractivity contribution in [2.45, 2.75) is 309 Å². The topological polar surface area (TPSA) is 111 Å². The Morgan fingerprint density at radius 2 is 0.718 bits per heavy atom. The highest BCUT2D eigenvalue weighted by Gasteiger charge is 2.22. The molecule has 0 bridgehead atoms. The lowest BCUT2D eigenvalue weighted by Gasteiger charge is -2.26. The quantitative estimate of drug-likeness (QED) is 0.0195. The van der Waals surface area contributed by atoms with Crippen LogP contribution in [-0.4, -0.2) is 82.3 Å². The van der Waals surface area contributed by atoms with E-state index >= 15 is 0 Å². The Hall–Kier alpha value is -2.23. The summed E-state index contributed by atoms with van der Waals surface area (Å²) >= 11 is 0. The molecule has 0 aromatic heterocycles. The minimum absolute atomic E-state index is 0.149. The van der Waals surface area contributed by atoms with Crippen LogP contribution in [0.1, 0.15) is 296 Å². The molecule has 9 nitrogen and oxygen atoms in total. The fourth-order valence-corrected chi connectivity index (χ4v) is 8.94. The molecule has 0 fully saturated rings. The number of unbranched alkanes of at least 4 members (excludes halogenated alkanes) is 38. The van der Waals surface area contributed by atoms with Gasteiger partial charge in [-0.15, -0.1) is 0 Å². The van der Waals surface area contributed by atoms with Crippen LogP contribution in [0.5, 0.6) is 0 Å². The lowest BCUT2D eigenvalue weighted by atomic mass is 10.0. The summed E-state index contributed by atoms with van der Waals surface area (Å²) < 4.78 is 22.7. The van der Waals surface area contributed by atoms with E-state index in [-0.39, 0.29) is 38.6 Å². The van der Waals surface area contributed by atoms with Crippen molar-refractivity contribution in [3.63, 3.8) is 0 Å². The van der Waals surface area contributed by atoms with Crippen LogP contribution in [0.15, 0.2) is 24.3 Å². The normalized spacial score (nSPS) is 12.9. The van der Waals surface area contributed by atoms with Gasteiger partial charge in [0.05, 0.1) is 40.3 Å². The van der Waals surface area contributed by atoms with E-state index in [1.807, 2.05) is 21.1 Å². The van der Waals surface area contributed by atoms with Crippen LogP contribution in [0, 0.1) is 0 Å². The molecule has 0 aromatic carbocycles. The number of carbonyl (C=O) groups is 3. The summed E-state index contributed by atoms with van der Waals surface area (Å²) in [5.74, 6) is -2.28. The number of quaternary nitrogens is 1. The minimum Gasteiger partial charge on any atom is -0.545 e. The van der Waals surface area contributed by atoms with Crippen molar-refractivity contribution in [3.8, 4) is 0 Å². The molecule has 2 unspecified atom stereocenters. The van der Waals surface area contributed by atoms with Gasteiger partial charge in [0.1, 0.15) is 13.2 Å². The maximum Gasteiger partial charge on any atom is 0.306 e. The third-order valence-corrected chi connectivity index (χ3v) is 13.7. The standard InChI is InChI=1S/C62H117NO8/c1-6-8-10-12-14-16-18-20-21-22-23-24-25-26-27-28-29-30-31-32-33-34-35-36-37-38-39-41-43-45-47-49-51-53-60(65)71-58(57-70-62(61(66)67)68-55-54-63(3,4)5)56-69-59(64)52-50-48-46-44-42-40-19-17-15-13-11-9-7-2/h17,19,22-23,58,62H,6-16,18,20-21,24-57H2,1-5H3/b19-17-,23-22-. The number of carbonyl (C=O) groups excluding carboxylic acids is 3. The van der Waals surface area contributed by atoms with E-state index in [0.29, 0.717) is 11.0 Å². The molecule has 9 heteroatoms. The Morgan fingerprint density at radius 1 is 0.408 bits per heavy atom. The van der Waals surface area contributed by atoms with Crippen LogP contribution < -0.4 is 5.11 Å². The van der Waals surface area contributed by atoms with Gasteiger partial charge in [-0.2, -0.15) is 0 Å². The number of esters is 2. The SMILES string of the molecule is CCCCCC/C=C\CCCCCCCC(=O)OCC(COC(OCC[N+](C)(C)C)C(=O)[O-])OC(=O)CCCCCCCCCCCCCCCCCCCCCCC/C=C\CCCCCCCCCC. The molecule has 0 saturated heterocycles. The number of likely N-dealkylation sites (N-methyl/N-ethyl adjacent to an activating group) is 1. The lowest BCUT2D eigenvalue weighted by Crippen LogP contribution is -2.44. The summed E-state index contributed by atoms with van der Waals surface area (Å²) in [4.78, 5) is 37.2. The summed E-state index contributed by atoms with van der Waals surface area (Å²) in [5, 5.41) is 11.8. The van der Waals surface area contributed by atoms with E-state index in [1.54, 1.807) is 0 Å². The molecule has 0 heterocycles. The maximum absolute atomic E-state index is 12.9. The molecular formula is C62H117NO8. The maximum atomic E-state index is 12.9. The molecule has 0 aliphatic rings. The first kappa shape index (κ1) is 68.8. The molecule has 0 aromatic rings. The highest BCUT2D eigenvalue weighted by molar-refractivity contribution is 5.70. The van der Waals surface area contributed by atoms with Gasteiger partial charge < -0.3 is 33.3 Å². The number of rotatable bonds is 57. The number of allylic oxidation sites excluding steroid dienone is 4. The number of hydrogen-bond acceptors (Lipinski definition) is 8. The highest BCUT2D eigenvalue weighted by atomic mass is 16.7. The Balaban J connectivity index is 4.02. The zero-order valence-corrected chi connectivity index (χ0v) is 47.6. The number of ether oxygens (including phenoxy) is 4. The lowest BCUT2D eigenvalue weighted by molar-refractivity contribution is -0.870. The van der Waals surface area contributed by atoms with Gasteiger partial charge in [0.15, 0.2) is 12.4 Å². The van der Waals surface area contributed by atoms with E-state index in [0.717, 1.165) is 57.8 Å². The summed E-state index contributed by atoms with van der Waals surface area (Å²) in [5.41, 5.74) is 0. The molecule has 2 atom stereocenters. The highest BCUT2D eigenvalue weighted by Crippen LogP contribution is 2.17. The predicted molar refractivity (Wildman–Crippen MR) is 297 cm³/mol. The zero-order valence-electron chi connectivity index (χ0n) is 47.6. The molecule has 0 spiro atoms. The van der Waals surface area contributed by atoms with Gasteiger partial charge in [0.25, 0.3) is 0 Å². The Morgan fingerprint density at radius 3 is 1.06 bits per heavy atom. The summed E-state index contributed by atoms with van der Waals surface area (Å²) in [6, 6.07) is 0. The van der Waals surface area contributed by atoms with Gasteiger partial charge in [-0.1, -0.05) is 244 Å². The number of hydrogen-bond donors (Lipinski definition) is 0. The molecule has 0 aliphatic heterocycles. The van der Waals surface area contributed by atoms with Gasteiger partial charge in [0, 0.05) is 12.8 Å². The molecular weight excluding hydrogens is 887 g/mol. The van der Waals surface area contributed by atoms with Crippen LogP contribution in [-0.2, 0) is 33.3 Å². The van der Waals surface area contributed by atoms with Gasteiger partial charge >= 0.3 is 11.9 Å². The molecule has 418 valence electrons. The molecule has 0 rings (SSSR count). The first-order chi connectivity index (χ1) is 34.6. The molecule has 0 aliphatic carbocycles. The Bertz CT molecular complexity index is 1210. The summed E-state index contributed by atoms with van der Waals surface area (Å²) in [7, 11) is 5.93. The second-order valence-electron chi connectivity index (χ2n) is 22.0. The van der Waals surface area contributed by atoms with Crippen molar-refractivity contribution in [3.05, 3.63) is 24.3 Å². The third kappa shape index (κ3) is 55.4. The number of aliphatic carboxylic acids is 1. The largest absolute Gasteiger partial charge is 0.545 e. The second kappa shape index (κ2) is 54.0. The zero-order chi connectivity index (χ0) is 52.0. The van der Waals surface area contributed by atoms with Crippen LogP contribution in [0.4, 0.5) is 0 Å². The minimum atomic E-state index is -1.62. The second-order valence-corrected chi connectivity index (χ2v) is 22.0. The summed E-state index contributed by atoms with van der Waals surface area (Å²) in [6.07, 6.45) is 61.1. The van der Waals surface area contributed by atoms with Crippen LogP contribution >= 0.6 is 0 Å². The summed E-state index contributed by atoms with van der Waals surface area (Å²) in [6.45, 7) is 4.76. The van der Waals surface area contributed by atoms with Crippen LogP contribution in [0.25, 0.3) is 0 Å². The number of carboxylic acids is 1. The van der Waals surface area contributed by atoms with Gasteiger partial charge in [0.2, 0.25) is 0 Å². The van der Waals surface area contributed by atoms with Crippen molar-refractivity contribution in [2.24, 2.45) is 0 Å².